The molecule has 0 saturated carbocycles. The quantitative estimate of drug-likeness (QED) is 0.425. The molecule has 0 bridgehead atoms. The molecule has 41 heavy (non-hydrogen) atoms. The molecule has 1 N–H and O–H groups in total. The van der Waals surface area contributed by atoms with E-state index >= 15 is 0 Å². The van der Waals surface area contributed by atoms with Crippen LogP contribution in [0.15, 0.2) is 53.9 Å². The van der Waals surface area contributed by atoms with Gasteiger partial charge in [0.15, 0.2) is 5.82 Å². The van der Waals surface area contributed by atoms with E-state index in [1.165, 1.54) is 45.8 Å². The molecule has 1 saturated heterocycles. The molecule has 3 aliphatic rings. The molecule has 1 fully saturated rings. The Balaban J connectivity index is 1.22. The van der Waals surface area contributed by atoms with Crippen molar-refractivity contribution in [3.63, 3.8) is 0 Å². The van der Waals surface area contributed by atoms with Gasteiger partial charge in [0.05, 0.1) is 38.3 Å². The number of aromatic nitrogens is 3. The third-order valence-electron chi connectivity index (χ3n) is 8.51. The van der Waals surface area contributed by atoms with Gasteiger partial charge in [0, 0.05) is 18.7 Å². The fourth-order valence-electron chi connectivity index (χ4n) is 6.01. The maximum atomic E-state index is 11.6. The molecule has 0 radical (unpaired) electrons. The third kappa shape index (κ3) is 5.27. The van der Waals surface area contributed by atoms with Crippen LogP contribution in [-0.2, 0) is 28.9 Å². The number of hydrogen-bond acceptors (Lipinski definition) is 7. The van der Waals surface area contributed by atoms with Crippen LogP contribution >= 0.6 is 0 Å². The summed E-state index contributed by atoms with van der Waals surface area (Å²) in [6, 6.07) is 10.7. The lowest BCUT2D eigenvalue weighted by molar-refractivity contribution is -0.0634. The van der Waals surface area contributed by atoms with Crippen LogP contribution in [-0.4, -0.2) is 70.2 Å². The summed E-state index contributed by atoms with van der Waals surface area (Å²) in [6.07, 6.45) is 7.39. The van der Waals surface area contributed by atoms with E-state index < -0.39 is 5.97 Å². The summed E-state index contributed by atoms with van der Waals surface area (Å²) in [5.41, 5.74) is 8.29. The Morgan fingerprint density at radius 1 is 1.12 bits per heavy atom. The Morgan fingerprint density at radius 3 is 2.71 bits per heavy atom. The van der Waals surface area contributed by atoms with E-state index in [1.54, 1.807) is 6.07 Å². The molecule has 0 spiro atoms. The molecule has 9 heteroatoms. The van der Waals surface area contributed by atoms with Crippen molar-refractivity contribution < 1.29 is 24.1 Å². The Morgan fingerprint density at radius 2 is 1.95 bits per heavy atom. The molecule has 0 unspecified atom stereocenters. The van der Waals surface area contributed by atoms with Gasteiger partial charge in [-0.1, -0.05) is 24.3 Å². The smallest absolute Gasteiger partial charge is 0.342 e. The van der Waals surface area contributed by atoms with E-state index in [-0.39, 0.29) is 11.4 Å². The molecule has 0 amide bonds. The first-order chi connectivity index (χ1) is 19.9. The highest BCUT2D eigenvalue weighted by Crippen LogP contribution is 2.34. The highest BCUT2D eigenvalue weighted by atomic mass is 16.5. The molecule has 4 heterocycles. The van der Waals surface area contributed by atoms with E-state index in [0.717, 1.165) is 69.0 Å². The summed E-state index contributed by atoms with van der Waals surface area (Å²) in [6.45, 7) is 8.70. The number of ether oxygens (including phenoxy) is 3. The zero-order valence-electron chi connectivity index (χ0n) is 23.9. The second-order valence-corrected chi connectivity index (χ2v) is 10.9. The van der Waals surface area contributed by atoms with E-state index in [2.05, 4.69) is 42.1 Å². The van der Waals surface area contributed by atoms with E-state index in [4.69, 9.17) is 19.2 Å². The van der Waals surface area contributed by atoms with Gasteiger partial charge in [-0.05, 0) is 79.5 Å². The minimum absolute atomic E-state index is 0.0165. The van der Waals surface area contributed by atoms with Gasteiger partial charge >= 0.3 is 5.97 Å². The van der Waals surface area contributed by atoms with Crippen molar-refractivity contribution in [2.75, 3.05) is 33.4 Å². The SMILES string of the molecule is COc1c(C(=O)O)cnn1-c1cccc(C2=CCCC(C)=C2OCc2ccc3c(c2C)CCN(C2COC2)CC3)n1. The first kappa shape index (κ1) is 27.2. The number of benzene rings is 1. The molecule has 1 aliphatic carbocycles. The predicted molar refractivity (Wildman–Crippen MR) is 154 cm³/mol. The summed E-state index contributed by atoms with van der Waals surface area (Å²) >= 11 is 0. The standard InChI is InChI=1S/C32H36N4O5/c1-20-6-4-7-26(28-8-5-9-29(34-28)36-31(39-3)27(16-33-36)32(37)38)30(20)41-17-23-11-10-22-12-14-35(24-18-40-19-24)15-13-25(22)21(23)2/h5,7-11,16,24H,4,6,12-15,17-19H2,1-3H3,(H,37,38). The predicted octanol–water partition coefficient (Wildman–Crippen LogP) is 4.75. The van der Waals surface area contributed by atoms with Crippen LogP contribution in [0.3, 0.4) is 0 Å². The van der Waals surface area contributed by atoms with Crippen molar-refractivity contribution >= 4 is 11.5 Å². The Labute approximate surface area is 240 Å². The number of carbonyl (C=O) groups is 1. The summed E-state index contributed by atoms with van der Waals surface area (Å²) in [5, 5.41) is 13.7. The molecular weight excluding hydrogens is 520 g/mol. The van der Waals surface area contributed by atoms with Gasteiger partial charge in [0.1, 0.15) is 17.9 Å². The van der Waals surface area contributed by atoms with Crippen molar-refractivity contribution in [3.8, 4) is 11.7 Å². The topological polar surface area (TPSA) is 98.9 Å². The molecule has 214 valence electrons. The molecule has 6 rings (SSSR count). The summed E-state index contributed by atoms with van der Waals surface area (Å²) < 4.78 is 18.8. The fourth-order valence-corrected chi connectivity index (χ4v) is 6.01. The van der Waals surface area contributed by atoms with Crippen molar-refractivity contribution in [3.05, 3.63) is 87.4 Å². The van der Waals surface area contributed by atoms with Gasteiger partial charge in [-0.3, -0.25) is 4.90 Å². The van der Waals surface area contributed by atoms with Gasteiger partial charge in [0.2, 0.25) is 5.88 Å². The largest absolute Gasteiger partial charge is 0.488 e. The molecular formula is C32H36N4O5. The molecule has 1 aromatic carbocycles. The van der Waals surface area contributed by atoms with Gasteiger partial charge < -0.3 is 19.3 Å². The van der Waals surface area contributed by atoms with Crippen LogP contribution < -0.4 is 4.74 Å². The van der Waals surface area contributed by atoms with E-state index in [9.17, 15) is 9.90 Å². The number of methoxy groups -OCH3 is 1. The summed E-state index contributed by atoms with van der Waals surface area (Å²) in [5.74, 6) is 0.349. The van der Waals surface area contributed by atoms with Crippen LogP contribution in [0.2, 0.25) is 0 Å². The van der Waals surface area contributed by atoms with Gasteiger partial charge in [-0.15, -0.1) is 0 Å². The Hall–Kier alpha value is -3.95. The Kier molecular flexibility index (Phi) is 7.64. The number of carboxylic acids is 1. The summed E-state index contributed by atoms with van der Waals surface area (Å²) in [4.78, 5) is 19.0. The van der Waals surface area contributed by atoms with Crippen LogP contribution in [0.5, 0.6) is 5.88 Å². The lowest BCUT2D eigenvalue weighted by Crippen LogP contribution is -2.49. The highest BCUT2D eigenvalue weighted by Gasteiger charge is 2.28. The minimum Gasteiger partial charge on any atom is -0.488 e. The summed E-state index contributed by atoms with van der Waals surface area (Å²) in [7, 11) is 1.43. The minimum atomic E-state index is -1.10. The van der Waals surface area contributed by atoms with Crippen LogP contribution in [0.4, 0.5) is 0 Å². The number of allylic oxidation sites excluding steroid dienone is 3. The second-order valence-electron chi connectivity index (χ2n) is 10.9. The molecule has 2 aromatic heterocycles. The van der Waals surface area contributed by atoms with E-state index in [0.29, 0.717) is 18.5 Å². The maximum absolute atomic E-state index is 11.6. The zero-order valence-corrected chi connectivity index (χ0v) is 23.9. The Bertz CT molecular complexity index is 1530. The fraction of sp³-hybridized carbons (Fsp3) is 0.406. The monoisotopic (exact) mass is 556 g/mol. The number of hydrogen-bond donors (Lipinski definition) is 1. The molecule has 3 aromatic rings. The van der Waals surface area contributed by atoms with Crippen molar-refractivity contribution in [2.45, 2.75) is 52.2 Å². The molecule has 0 atom stereocenters. The normalized spacial score (nSPS) is 17.9. The van der Waals surface area contributed by atoms with Crippen LogP contribution in [0.25, 0.3) is 11.4 Å². The number of fused-ring (bicyclic) bond motifs is 1. The lowest BCUT2D eigenvalue weighted by atomic mass is 9.93. The zero-order chi connectivity index (χ0) is 28.5. The molecule has 9 nitrogen and oxygen atoms in total. The highest BCUT2D eigenvalue weighted by molar-refractivity contribution is 5.90. The van der Waals surface area contributed by atoms with Crippen molar-refractivity contribution in [1.82, 2.24) is 19.7 Å². The maximum Gasteiger partial charge on any atom is 0.342 e. The first-order valence-corrected chi connectivity index (χ1v) is 14.2. The number of nitrogens with zero attached hydrogens (tertiary/aromatic N) is 4. The van der Waals surface area contributed by atoms with Crippen LogP contribution in [0.1, 0.15) is 58.1 Å². The van der Waals surface area contributed by atoms with Crippen molar-refractivity contribution in [2.24, 2.45) is 0 Å². The number of pyridine rings is 1. The third-order valence-corrected chi connectivity index (χ3v) is 8.51. The second kappa shape index (κ2) is 11.5. The van der Waals surface area contributed by atoms with E-state index in [1.807, 2.05) is 12.1 Å². The van der Waals surface area contributed by atoms with Gasteiger partial charge in [-0.2, -0.15) is 9.78 Å². The number of rotatable bonds is 8. The lowest BCUT2D eigenvalue weighted by Gasteiger charge is -2.36. The first-order valence-electron chi connectivity index (χ1n) is 14.2. The van der Waals surface area contributed by atoms with Gasteiger partial charge in [-0.25, -0.2) is 9.78 Å². The molecule has 2 aliphatic heterocycles. The van der Waals surface area contributed by atoms with Crippen LogP contribution in [0, 0.1) is 6.92 Å². The van der Waals surface area contributed by atoms with Crippen molar-refractivity contribution in [1.29, 1.82) is 0 Å². The van der Waals surface area contributed by atoms with Gasteiger partial charge in [0.25, 0.3) is 0 Å². The average molecular weight is 557 g/mol. The number of aromatic carboxylic acids is 1. The average Bonchev–Trinajstić information content (AvgIpc) is 3.28. The number of carboxylic acid groups (broad SMARTS) is 1.